The highest BCUT2D eigenvalue weighted by atomic mass is 16.5. The van der Waals surface area contributed by atoms with Gasteiger partial charge in [0.05, 0.1) is 6.61 Å². The number of aliphatic hydroxyl groups is 1. The zero-order valence-electron chi connectivity index (χ0n) is 11.8. The van der Waals surface area contributed by atoms with Gasteiger partial charge in [-0.2, -0.15) is 0 Å². The van der Waals surface area contributed by atoms with Gasteiger partial charge in [-0.25, -0.2) is 4.79 Å². The summed E-state index contributed by atoms with van der Waals surface area (Å²) in [6.07, 6.45) is 2.80. The van der Waals surface area contributed by atoms with Gasteiger partial charge >= 0.3 is 5.97 Å². The number of carboxylic acids is 1. The Labute approximate surface area is 123 Å². The molecule has 1 aromatic carbocycles. The molecule has 6 nitrogen and oxygen atoms in total. The van der Waals surface area contributed by atoms with Crippen LogP contribution >= 0.6 is 0 Å². The number of aliphatic hydroxyl groups excluding tert-OH is 1. The van der Waals surface area contributed by atoms with Crippen molar-refractivity contribution in [2.24, 2.45) is 0 Å². The summed E-state index contributed by atoms with van der Waals surface area (Å²) in [5.74, 6) is -0.954. The van der Waals surface area contributed by atoms with E-state index in [0.717, 1.165) is 11.3 Å². The van der Waals surface area contributed by atoms with Gasteiger partial charge in [-0.3, -0.25) is 4.79 Å². The SMILES string of the molecule is CCOc1ccc(C=CC(=O)NC(CCO)C(=O)O)cc1. The zero-order chi connectivity index (χ0) is 15.7. The summed E-state index contributed by atoms with van der Waals surface area (Å²) in [7, 11) is 0. The van der Waals surface area contributed by atoms with Crippen molar-refractivity contribution in [1.82, 2.24) is 5.32 Å². The number of carboxylic acid groups (broad SMARTS) is 1. The number of amides is 1. The van der Waals surface area contributed by atoms with Crippen LogP contribution in [0.25, 0.3) is 6.08 Å². The predicted octanol–water partition coefficient (Wildman–Crippen LogP) is 1.05. The molecule has 1 aromatic rings. The van der Waals surface area contributed by atoms with E-state index in [1.807, 2.05) is 6.92 Å². The van der Waals surface area contributed by atoms with Gasteiger partial charge in [-0.15, -0.1) is 0 Å². The molecule has 1 amide bonds. The van der Waals surface area contributed by atoms with Gasteiger partial charge in [-0.05, 0) is 30.7 Å². The summed E-state index contributed by atoms with van der Waals surface area (Å²) in [5.41, 5.74) is 0.794. The third kappa shape index (κ3) is 6.09. The summed E-state index contributed by atoms with van der Waals surface area (Å²) in [6.45, 7) is 2.17. The Morgan fingerprint density at radius 3 is 2.52 bits per heavy atom. The minimum Gasteiger partial charge on any atom is -0.494 e. The van der Waals surface area contributed by atoms with Gasteiger partial charge in [0.15, 0.2) is 0 Å². The van der Waals surface area contributed by atoms with Gasteiger partial charge in [0.25, 0.3) is 0 Å². The van der Waals surface area contributed by atoms with Gasteiger partial charge in [-0.1, -0.05) is 12.1 Å². The summed E-state index contributed by atoms with van der Waals surface area (Å²) < 4.78 is 5.30. The molecule has 0 saturated carbocycles. The molecule has 0 spiro atoms. The average molecular weight is 293 g/mol. The Morgan fingerprint density at radius 2 is 2.00 bits per heavy atom. The fourth-order valence-electron chi connectivity index (χ4n) is 1.62. The van der Waals surface area contributed by atoms with Crippen LogP contribution in [0.1, 0.15) is 18.9 Å². The lowest BCUT2D eigenvalue weighted by Crippen LogP contribution is -2.40. The molecule has 0 heterocycles. The first-order valence-electron chi connectivity index (χ1n) is 6.62. The van der Waals surface area contributed by atoms with Crippen LogP contribution in [0, 0.1) is 0 Å². The van der Waals surface area contributed by atoms with E-state index in [4.69, 9.17) is 14.9 Å². The quantitative estimate of drug-likeness (QED) is 0.623. The monoisotopic (exact) mass is 293 g/mol. The van der Waals surface area contributed by atoms with E-state index in [2.05, 4.69) is 5.32 Å². The van der Waals surface area contributed by atoms with Gasteiger partial charge in [0.1, 0.15) is 11.8 Å². The molecule has 0 saturated heterocycles. The van der Waals surface area contributed by atoms with Crippen molar-refractivity contribution in [3.8, 4) is 5.75 Å². The number of carbonyl (C=O) groups excluding carboxylic acids is 1. The highest BCUT2D eigenvalue weighted by molar-refractivity contribution is 5.94. The van der Waals surface area contributed by atoms with Gasteiger partial charge < -0.3 is 20.3 Å². The molecule has 1 unspecified atom stereocenters. The largest absolute Gasteiger partial charge is 0.494 e. The Morgan fingerprint density at radius 1 is 1.33 bits per heavy atom. The van der Waals surface area contributed by atoms with E-state index in [-0.39, 0.29) is 13.0 Å². The molecular formula is C15H19NO5. The van der Waals surface area contributed by atoms with Crippen LogP contribution in [-0.2, 0) is 9.59 Å². The van der Waals surface area contributed by atoms with E-state index >= 15 is 0 Å². The van der Waals surface area contributed by atoms with E-state index in [1.165, 1.54) is 6.08 Å². The van der Waals surface area contributed by atoms with Crippen molar-refractivity contribution >= 4 is 18.0 Å². The van der Waals surface area contributed by atoms with E-state index < -0.39 is 17.9 Å². The van der Waals surface area contributed by atoms with Crippen LogP contribution in [0.3, 0.4) is 0 Å². The smallest absolute Gasteiger partial charge is 0.326 e. The number of hydrogen-bond donors (Lipinski definition) is 3. The second-order valence-corrected chi connectivity index (χ2v) is 4.25. The summed E-state index contributed by atoms with van der Waals surface area (Å²) >= 11 is 0. The number of benzene rings is 1. The Hall–Kier alpha value is -2.34. The fraction of sp³-hybridized carbons (Fsp3) is 0.333. The molecular weight excluding hydrogens is 274 g/mol. The number of carbonyl (C=O) groups is 2. The molecule has 0 aliphatic heterocycles. The van der Waals surface area contributed by atoms with Crippen molar-refractivity contribution in [3.63, 3.8) is 0 Å². The highest BCUT2D eigenvalue weighted by Crippen LogP contribution is 2.12. The minimum absolute atomic E-state index is 0.0298. The maximum Gasteiger partial charge on any atom is 0.326 e. The molecule has 1 atom stereocenters. The van der Waals surface area contributed by atoms with Gasteiger partial charge in [0, 0.05) is 19.1 Å². The third-order valence-electron chi connectivity index (χ3n) is 2.65. The Bertz CT molecular complexity index is 495. The molecule has 0 aliphatic carbocycles. The highest BCUT2D eigenvalue weighted by Gasteiger charge is 2.17. The average Bonchev–Trinajstić information content (AvgIpc) is 2.46. The van der Waals surface area contributed by atoms with E-state index in [1.54, 1.807) is 30.3 Å². The first-order chi connectivity index (χ1) is 10.1. The lowest BCUT2D eigenvalue weighted by Gasteiger charge is -2.11. The van der Waals surface area contributed by atoms with Crippen molar-refractivity contribution in [2.45, 2.75) is 19.4 Å². The third-order valence-corrected chi connectivity index (χ3v) is 2.65. The molecule has 0 bridgehead atoms. The zero-order valence-corrected chi connectivity index (χ0v) is 11.8. The standard InChI is InChI=1S/C15H19NO5/c1-2-21-12-6-3-11(4-7-12)5-8-14(18)16-13(9-10-17)15(19)20/h3-8,13,17H,2,9-10H2,1H3,(H,16,18)(H,19,20). The first-order valence-corrected chi connectivity index (χ1v) is 6.62. The number of ether oxygens (including phenoxy) is 1. The van der Waals surface area contributed by atoms with Crippen LogP contribution in [0.15, 0.2) is 30.3 Å². The van der Waals surface area contributed by atoms with Crippen LogP contribution in [-0.4, -0.2) is 41.3 Å². The first kappa shape index (κ1) is 16.7. The number of nitrogens with one attached hydrogen (secondary N) is 1. The molecule has 0 fully saturated rings. The summed E-state index contributed by atoms with van der Waals surface area (Å²) in [6, 6.07) is 6.06. The summed E-state index contributed by atoms with van der Waals surface area (Å²) in [4.78, 5) is 22.4. The molecule has 0 aromatic heterocycles. The molecule has 21 heavy (non-hydrogen) atoms. The summed E-state index contributed by atoms with van der Waals surface area (Å²) in [5, 5.41) is 19.9. The molecule has 1 rings (SSSR count). The van der Waals surface area contributed by atoms with Crippen molar-refractivity contribution in [2.75, 3.05) is 13.2 Å². The topological polar surface area (TPSA) is 95.9 Å². The Kier molecular flexibility index (Phi) is 6.97. The van der Waals surface area contributed by atoms with Crippen molar-refractivity contribution in [3.05, 3.63) is 35.9 Å². The second kappa shape index (κ2) is 8.76. The number of hydrogen-bond acceptors (Lipinski definition) is 4. The lowest BCUT2D eigenvalue weighted by atomic mass is 10.2. The fourth-order valence-corrected chi connectivity index (χ4v) is 1.62. The molecule has 0 radical (unpaired) electrons. The van der Waals surface area contributed by atoms with Crippen molar-refractivity contribution < 1.29 is 24.5 Å². The second-order valence-electron chi connectivity index (χ2n) is 4.25. The van der Waals surface area contributed by atoms with Crippen LogP contribution in [0.5, 0.6) is 5.75 Å². The molecule has 3 N–H and O–H groups in total. The van der Waals surface area contributed by atoms with Crippen molar-refractivity contribution in [1.29, 1.82) is 0 Å². The molecule has 0 aliphatic rings. The van der Waals surface area contributed by atoms with Crippen LogP contribution in [0.4, 0.5) is 0 Å². The van der Waals surface area contributed by atoms with Crippen LogP contribution < -0.4 is 10.1 Å². The normalized spacial score (nSPS) is 12.1. The van der Waals surface area contributed by atoms with E-state index in [9.17, 15) is 9.59 Å². The number of rotatable bonds is 8. The van der Waals surface area contributed by atoms with E-state index in [0.29, 0.717) is 6.61 Å². The van der Waals surface area contributed by atoms with Crippen LogP contribution in [0.2, 0.25) is 0 Å². The lowest BCUT2D eigenvalue weighted by molar-refractivity contribution is -0.141. The maximum atomic E-state index is 11.6. The maximum absolute atomic E-state index is 11.6. The van der Waals surface area contributed by atoms with Gasteiger partial charge in [0.2, 0.25) is 5.91 Å². The molecule has 114 valence electrons. The minimum atomic E-state index is -1.17. The number of aliphatic carboxylic acids is 1. The Balaban J connectivity index is 2.58. The molecule has 6 heteroatoms. The predicted molar refractivity (Wildman–Crippen MR) is 77.9 cm³/mol.